The zero-order valence-corrected chi connectivity index (χ0v) is 9.63. The zero-order chi connectivity index (χ0) is 11.5. The van der Waals surface area contributed by atoms with Gasteiger partial charge in [-0.1, -0.05) is 19.1 Å². The van der Waals surface area contributed by atoms with Crippen molar-refractivity contribution in [2.75, 3.05) is 18.0 Å². The van der Waals surface area contributed by atoms with E-state index in [0.717, 1.165) is 19.0 Å². The Labute approximate surface area is 96.9 Å². The van der Waals surface area contributed by atoms with Crippen LogP contribution in [0.25, 0.3) is 0 Å². The summed E-state index contributed by atoms with van der Waals surface area (Å²) in [4.78, 5) is 2.36. The number of piperidine rings is 1. The standard InChI is InChI=1S/C12H18BNO2/c1-10-3-2-8-14(9-10)12-6-4-11(5-7-12)13(15)16/h4-7,10,15-16H,2-3,8-9H2,1H3. The molecule has 1 aromatic rings. The normalized spacial score (nSPS) is 20.9. The third-order valence-corrected chi connectivity index (χ3v) is 3.21. The van der Waals surface area contributed by atoms with Gasteiger partial charge in [0.05, 0.1) is 0 Å². The van der Waals surface area contributed by atoms with E-state index in [0.29, 0.717) is 5.46 Å². The van der Waals surface area contributed by atoms with Crippen LogP contribution in [0.4, 0.5) is 5.69 Å². The van der Waals surface area contributed by atoms with Gasteiger partial charge in [-0.25, -0.2) is 0 Å². The van der Waals surface area contributed by atoms with Crippen LogP contribution in [-0.4, -0.2) is 30.3 Å². The molecule has 0 bridgehead atoms. The number of hydrogen-bond donors (Lipinski definition) is 2. The lowest BCUT2D eigenvalue weighted by Gasteiger charge is -2.32. The average molecular weight is 219 g/mol. The Bertz CT molecular complexity index is 339. The Morgan fingerprint density at radius 2 is 1.94 bits per heavy atom. The van der Waals surface area contributed by atoms with Crippen LogP contribution in [0.5, 0.6) is 0 Å². The molecular weight excluding hydrogens is 201 g/mol. The molecule has 0 spiro atoms. The third-order valence-electron chi connectivity index (χ3n) is 3.21. The van der Waals surface area contributed by atoms with Crippen molar-refractivity contribution in [2.45, 2.75) is 19.8 Å². The topological polar surface area (TPSA) is 43.7 Å². The van der Waals surface area contributed by atoms with Gasteiger partial charge >= 0.3 is 7.12 Å². The summed E-state index contributed by atoms with van der Waals surface area (Å²) in [5, 5.41) is 18.0. The van der Waals surface area contributed by atoms with Crippen molar-refractivity contribution in [1.82, 2.24) is 0 Å². The fraction of sp³-hybridized carbons (Fsp3) is 0.500. The van der Waals surface area contributed by atoms with Gasteiger partial charge in [0.25, 0.3) is 0 Å². The summed E-state index contributed by atoms with van der Waals surface area (Å²) in [6, 6.07) is 7.48. The molecule has 1 unspecified atom stereocenters. The van der Waals surface area contributed by atoms with Crippen LogP contribution in [0.3, 0.4) is 0 Å². The van der Waals surface area contributed by atoms with E-state index >= 15 is 0 Å². The highest BCUT2D eigenvalue weighted by Crippen LogP contribution is 2.21. The Morgan fingerprint density at radius 3 is 2.50 bits per heavy atom. The fourth-order valence-electron chi connectivity index (χ4n) is 2.28. The molecule has 86 valence electrons. The van der Waals surface area contributed by atoms with E-state index in [2.05, 4.69) is 11.8 Å². The minimum Gasteiger partial charge on any atom is -0.423 e. The summed E-state index contributed by atoms with van der Waals surface area (Å²) < 4.78 is 0. The molecule has 1 fully saturated rings. The van der Waals surface area contributed by atoms with Gasteiger partial charge in [0, 0.05) is 18.8 Å². The number of hydrogen-bond acceptors (Lipinski definition) is 3. The van der Waals surface area contributed by atoms with Gasteiger partial charge in [0.2, 0.25) is 0 Å². The maximum absolute atomic E-state index is 9.01. The minimum absolute atomic E-state index is 0.550. The van der Waals surface area contributed by atoms with E-state index in [9.17, 15) is 0 Å². The Morgan fingerprint density at radius 1 is 1.25 bits per heavy atom. The van der Waals surface area contributed by atoms with Crippen molar-refractivity contribution >= 4 is 18.3 Å². The summed E-state index contributed by atoms with van der Waals surface area (Å²) in [5.74, 6) is 0.747. The highest BCUT2D eigenvalue weighted by molar-refractivity contribution is 6.58. The van der Waals surface area contributed by atoms with Crippen molar-refractivity contribution in [1.29, 1.82) is 0 Å². The number of rotatable bonds is 2. The summed E-state index contributed by atoms with van der Waals surface area (Å²) >= 11 is 0. The fourth-order valence-corrected chi connectivity index (χ4v) is 2.28. The molecule has 1 saturated heterocycles. The Balaban J connectivity index is 2.09. The molecular formula is C12H18BNO2. The Kier molecular flexibility index (Phi) is 3.51. The molecule has 0 aliphatic carbocycles. The first kappa shape index (κ1) is 11.5. The maximum Gasteiger partial charge on any atom is 0.488 e. The van der Waals surface area contributed by atoms with Crippen LogP contribution in [0.1, 0.15) is 19.8 Å². The smallest absolute Gasteiger partial charge is 0.423 e. The second-order valence-corrected chi connectivity index (χ2v) is 4.66. The van der Waals surface area contributed by atoms with Gasteiger partial charge in [0.1, 0.15) is 0 Å². The first-order valence-corrected chi connectivity index (χ1v) is 5.88. The molecule has 0 aromatic heterocycles. The van der Waals surface area contributed by atoms with Gasteiger partial charge in [0.15, 0.2) is 0 Å². The lowest BCUT2D eigenvalue weighted by atomic mass is 9.80. The highest BCUT2D eigenvalue weighted by Gasteiger charge is 2.17. The summed E-state index contributed by atoms with van der Waals surface area (Å²) in [6.45, 7) is 4.48. The highest BCUT2D eigenvalue weighted by atomic mass is 16.4. The molecule has 2 N–H and O–H groups in total. The number of benzene rings is 1. The van der Waals surface area contributed by atoms with E-state index in [1.165, 1.54) is 18.5 Å². The van der Waals surface area contributed by atoms with Crippen molar-refractivity contribution in [3.63, 3.8) is 0 Å². The first-order chi connectivity index (χ1) is 7.66. The van der Waals surface area contributed by atoms with Crippen molar-refractivity contribution < 1.29 is 10.0 Å². The van der Waals surface area contributed by atoms with Crippen LogP contribution in [0.15, 0.2) is 24.3 Å². The third kappa shape index (κ3) is 2.57. The molecule has 0 saturated carbocycles. The second kappa shape index (κ2) is 4.89. The van der Waals surface area contributed by atoms with E-state index in [1.807, 2.05) is 12.1 Å². The second-order valence-electron chi connectivity index (χ2n) is 4.66. The molecule has 1 aromatic carbocycles. The zero-order valence-electron chi connectivity index (χ0n) is 9.63. The lowest BCUT2D eigenvalue weighted by Crippen LogP contribution is -2.35. The number of anilines is 1. The minimum atomic E-state index is -1.37. The molecule has 0 amide bonds. The van der Waals surface area contributed by atoms with Gasteiger partial charge in [-0.15, -0.1) is 0 Å². The van der Waals surface area contributed by atoms with E-state index in [4.69, 9.17) is 10.0 Å². The molecule has 1 aliphatic rings. The summed E-state index contributed by atoms with van der Waals surface area (Å²) in [5.41, 5.74) is 1.73. The quantitative estimate of drug-likeness (QED) is 0.716. The number of nitrogens with zero attached hydrogens (tertiary/aromatic N) is 1. The van der Waals surface area contributed by atoms with Crippen LogP contribution in [0.2, 0.25) is 0 Å². The van der Waals surface area contributed by atoms with Crippen LogP contribution in [0, 0.1) is 5.92 Å². The molecule has 2 rings (SSSR count). The van der Waals surface area contributed by atoms with Gasteiger partial charge in [-0.3, -0.25) is 0 Å². The molecule has 1 aliphatic heterocycles. The molecule has 0 radical (unpaired) electrons. The predicted molar refractivity (Wildman–Crippen MR) is 66.9 cm³/mol. The van der Waals surface area contributed by atoms with E-state index in [-0.39, 0.29) is 0 Å². The SMILES string of the molecule is CC1CCCN(c2ccc(B(O)O)cc2)C1. The van der Waals surface area contributed by atoms with Gasteiger partial charge < -0.3 is 14.9 Å². The van der Waals surface area contributed by atoms with E-state index in [1.54, 1.807) is 12.1 Å². The van der Waals surface area contributed by atoms with E-state index < -0.39 is 7.12 Å². The predicted octanol–water partition coefficient (Wildman–Crippen LogP) is 0.603. The molecule has 4 heteroatoms. The van der Waals surface area contributed by atoms with Crippen molar-refractivity contribution in [3.05, 3.63) is 24.3 Å². The first-order valence-electron chi connectivity index (χ1n) is 5.88. The van der Waals surface area contributed by atoms with Crippen molar-refractivity contribution in [3.8, 4) is 0 Å². The molecule has 16 heavy (non-hydrogen) atoms. The molecule has 1 heterocycles. The van der Waals surface area contributed by atoms with Gasteiger partial charge in [-0.2, -0.15) is 0 Å². The molecule has 1 atom stereocenters. The van der Waals surface area contributed by atoms with Crippen LogP contribution >= 0.6 is 0 Å². The van der Waals surface area contributed by atoms with Crippen molar-refractivity contribution in [2.24, 2.45) is 5.92 Å². The largest absolute Gasteiger partial charge is 0.488 e. The van der Waals surface area contributed by atoms with Crippen LogP contribution in [-0.2, 0) is 0 Å². The summed E-state index contributed by atoms with van der Waals surface area (Å²) in [6.07, 6.45) is 2.55. The Hall–Kier alpha value is -0.995. The van der Waals surface area contributed by atoms with Gasteiger partial charge in [-0.05, 0) is 36.4 Å². The average Bonchev–Trinajstić information content (AvgIpc) is 2.29. The monoisotopic (exact) mass is 219 g/mol. The van der Waals surface area contributed by atoms with Crippen LogP contribution < -0.4 is 10.4 Å². The lowest BCUT2D eigenvalue weighted by molar-refractivity contribution is 0.425. The maximum atomic E-state index is 9.01. The summed E-state index contributed by atoms with van der Waals surface area (Å²) in [7, 11) is -1.37. The molecule has 3 nitrogen and oxygen atoms in total.